The van der Waals surface area contributed by atoms with Gasteiger partial charge < -0.3 is 4.74 Å². The SMILES string of the molecule is CC(=O)Oc1cc2c(c3c1C(=O)c1ccccc1C3=O)[NH+]=C1C=CC=CC1S2. The van der Waals surface area contributed by atoms with Gasteiger partial charge in [0, 0.05) is 30.2 Å². The molecule has 0 amide bonds. The Labute approximate surface area is 164 Å². The minimum atomic E-state index is -0.539. The summed E-state index contributed by atoms with van der Waals surface area (Å²) in [7, 11) is 0. The van der Waals surface area contributed by atoms with Gasteiger partial charge in [-0.05, 0) is 0 Å². The molecule has 2 aromatic carbocycles. The zero-order chi connectivity index (χ0) is 19.4. The summed E-state index contributed by atoms with van der Waals surface area (Å²) in [5.41, 5.74) is 2.62. The normalized spacial score (nSPS) is 18.6. The monoisotopic (exact) mass is 388 g/mol. The van der Waals surface area contributed by atoms with Crippen molar-refractivity contribution in [2.45, 2.75) is 17.1 Å². The van der Waals surface area contributed by atoms with E-state index in [2.05, 4.69) is 4.99 Å². The second-order valence-corrected chi connectivity index (χ2v) is 7.84. The lowest BCUT2D eigenvalue weighted by atomic mass is 9.82. The van der Waals surface area contributed by atoms with Gasteiger partial charge in [0.15, 0.2) is 11.5 Å². The maximum atomic E-state index is 13.3. The maximum Gasteiger partial charge on any atom is 0.308 e. The molecular formula is C22H14NO4S+. The molecule has 1 unspecified atom stereocenters. The van der Waals surface area contributed by atoms with Crippen LogP contribution in [0.15, 0.2) is 59.5 Å². The molecule has 1 heterocycles. The van der Waals surface area contributed by atoms with E-state index >= 15 is 0 Å². The smallest absolute Gasteiger partial charge is 0.308 e. The minimum absolute atomic E-state index is 0.0717. The van der Waals surface area contributed by atoms with Crippen molar-refractivity contribution >= 4 is 40.7 Å². The molecule has 1 atom stereocenters. The molecule has 0 saturated carbocycles. The molecule has 0 aromatic heterocycles. The molecule has 2 aromatic rings. The van der Waals surface area contributed by atoms with Crippen molar-refractivity contribution in [3.63, 3.8) is 0 Å². The summed E-state index contributed by atoms with van der Waals surface area (Å²) in [5.74, 6) is -0.981. The second-order valence-electron chi connectivity index (χ2n) is 6.66. The number of benzene rings is 2. The summed E-state index contributed by atoms with van der Waals surface area (Å²) < 4.78 is 5.36. The third-order valence-corrected chi connectivity index (χ3v) is 6.12. The van der Waals surface area contributed by atoms with Crippen molar-refractivity contribution in [1.29, 1.82) is 0 Å². The van der Waals surface area contributed by atoms with Gasteiger partial charge >= 0.3 is 5.97 Å². The summed E-state index contributed by atoms with van der Waals surface area (Å²) in [6.45, 7) is 1.28. The summed E-state index contributed by atoms with van der Waals surface area (Å²) in [6, 6.07) is 8.40. The van der Waals surface area contributed by atoms with Gasteiger partial charge in [-0.1, -0.05) is 42.5 Å². The van der Waals surface area contributed by atoms with Crippen molar-refractivity contribution in [2.24, 2.45) is 0 Å². The first-order valence-corrected chi connectivity index (χ1v) is 9.66. The van der Waals surface area contributed by atoms with Crippen LogP contribution < -0.4 is 9.73 Å². The molecule has 0 spiro atoms. The number of thioether (sulfide) groups is 1. The Kier molecular flexibility index (Phi) is 3.70. The van der Waals surface area contributed by atoms with Gasteiger partial charge in [0.05, 0.1) is 10.5 Å². The molecule has 136 valence electrons. The van der Waals surface area contributed by atoms with E-state index in [4.69, 9.17) is 4.74 Å². The number of hydrogen-bond acceptors (Lipinski definition) is 5. The van der Waals surface area contributed by atoms with Gasteiger partial charge in [-0.25, -0.2) is 4.99 Å². The number of esters is 1. The van der Waals surface area contributed by atoms with E-state index in [1.807, 2.05) is 24.3 Å². The molecule has 0 bridgehead atoms. The van der Waals surface area contributed by atoms with Gasteiger partial charge in [-0.3, -0.25) is 14.4 Å². The van der Waals surface area contributed by atoms with Crippen LogP contribution >= 0.6 is 11.8 Å². The minimum Gasteiger partial charge on any atom is -0.426 e. The fourth-order valence-corrected chi connectivity index (χ4v) is 4.86. The van der Waals surface area contributed by atoms with Crippen molar-refractivity contribution < 1.29 is 24.1 Å². The first-order valence-electron chi connectivity index (χ1n) is 8.78. The Morgan fingerprint density at radius 3 is 2.50 bits per heavy atom. The van der Waals surface area contributed by atoms with E-state index in [9.17, 15) is 14.4 Å². The quantitative estimate of drug-likeness (QED) is 0.511. The molecule has 2 aliphatic carbocycles. The van der Waals surface area contributed by atoms with Gasteiger partial charge in [0.25, 0.3) is 0 Å². The number of hydrogen-bond donors (Lipinski definition) is 1. The van der Waals surface area contributed by atoms with Crippen LogP contribution in [0.2, 0.25) is 0 Å². The van der Waals surface area contributed by atoms with Crippen LogP contribution in [0.3, 0.4) is 0 Å². The van der Waals surface area contributed by atoms with Crippen LogP contribution in [0.5, 0.6) is 5.75 Å². The van der Waals surface area contributed by atoms with E-state index in [0.29, 0.717) is 16.8 Å². The summed E-state index contributed by atoms with van der Waals surface area (Å²) in [4.78, 5) is 42.3. The zero-order valence-electron chi connectivity index (χ0n) is 14.8. The molecule has 0 fully saturated rings. The van der Waals surface area contributed by atoms with Crippen LogP contribution in [0, 0.1) is 0 Å². The Bertz CT molecular complexity index is 1190. The number of carbonyl (C=O) groups excluding carboxylic acids is 3. The van der Waals surface area contributed by atoms with Crippen LogP contribution in [0.4, 0.5) is 5.69 Å². The molecule has 5 rings (SSSR count). The van der Waals surface area contributed by atoms with Crippen LogP contribution in [-0.2, 0) is 4.79 Å². The van der Waals surface area contributed by atoms with E-state index in [-0.39, 0.29) is 33.7 Å². The molecule has 3 aliphatic rings. The summed E-state index contributed by atoms with van der Waals surface area (Å²) >= 11 is 1.55. The van der Waals surface area contributed by atoms with Crippen molar-refractivity contribution in [1.82, 2.24) is 0 Å². The highest BCUT2D eigenvalue weighted by atomic mass is 32.2. The van der Waals surface area contributed by atoms with Gasteiger partial charge in [-0.2, -0.15) is 0 Å². The molecule has 1 N–H and O–H groups in total. The van der Waals surface area contributed by atoms with Crippen molar-refractivity contribution in [3.05, 3.63) is 76.9 Å². The Hall–Kier alpha value is -3.25. The lowest BCUT2D eigenvalue weighted by Gasteiger charge is -2.24. The standard InChI is InChI=1S/C22H13NO4S/c1-11(24)27-15-10-17-20(23-14-8-4-5-9-16(14)28-17)19-18(15)21(25)12-6-2-3-7-13(12)22(19)26/h2-10,16H,1H3/p+1. The van der Waals surface area contributed by atoms with Gasteiger partial charge in [0.1, 0.15) is 16.6 Å². The average molecular weight is 388 g/mol. The third kappa shape index (κ3) is 2.42. The van der Waals surface area contributed by atoms with Crippen molar-refractivity contribution in [3.8, 4) is 5.75 Å². The van der Waals surface area contributed by atoms with E-state index in [0.717, 1.165) is 10.6 Å². The average Bonchev–Trinajstić information content (AvgIpc) is 2.69. The van der Waals surface area contributed by atoms with E-state index in [1.165, 1.54) is 6.92 Å². The highest BCUT2D eigenvalue weighted by Crippen LogP contribution is 2.43. The molecule has 0 saturated heterocycles. The van der Waals surface area contributed by atoms with Crippen LogP contribution in [0.1, 0.15) is 38.8 Å². The number of nitrogens with one attached hydrogen (secondary N) is 1. The molecule has 0 radical (unpaired) electrons. The number of ketones is 2. The van der Waals surface area contributed by atoms with E-state index in [1.54, 1.807) is 42.1 Å². The number of allylic oxidation sites excluding steroid dienone is 3. The Morgan fingerprint density at radius 2 is 1.79 bits per heavy atom. The molecular weight excluding hydrogens is 374 g/mol. The first kappa shape index (κ1) is 16.9. The molecule has 28 heavy (non-hydrogen) atoms. The third-order valence-electron chi connectivity index (χ3n) is 4.88. The lowest BCUT2D eigenvalue weighted by molar-refractivity contribution is -0.358. The Morgan fingerprint density at radius 1 is 1.07 bits per heavy atom. The second kappa shape index (κ2) is 6.14. The maximum absolute atomic E-state index is 13.3. The largest absolute Gasteiger partial charge is 0.426 e. The van der Waals surface area contributed by atoms with Gasteiger partial charge in [-0.15, -0.1) is 11.8 Å². The van der Waals surface area contributed by atoms with Crippen LogP contribution in [-0.4, -0.2) is 28.5 Å². The zero-order valence-corrected chi connectivity index (χ0v) is 15.6. The highest BCUT2D eigenvalue weighted by molar-refractivity contribution is 8.01. The number of fused-ring (bicyclic) bond motifs is 5. The number of carbonyl (C=O) groups is 3. The highest BCUT2D eigenvalue weighted by Gasteiger charge is 2.41. The predicted octanol–water partition coefficient (Wildman–Crippen LogP) is 2.14. The van der Waals surface area contributed by atoms with E-state index < -0.39 is 5.97 Å². The topological polar surface area (TPSA) is 74.4 Å². The molecule has 1 aliphatic heterocycles. The molecule has 6 heteroatoms. The fraction of sp³-hybridized carbons (Fsp3) is 0.0909. The Balaban J connectivity index is 1.82. The van der Waals surface area contributed by atoms with Gasteiger partial charge in [0.2, 0.25) is 11.5 Å². The summed E-state index contributed by atoms with van der Waals surface area (Å²) in [6.07, 6.45) is 7.88. The molecule has 5 nitrogen and oxygen atoms in total. The number of rotatable bonds is 1. The lowest BCUT2D eigenvalue weighted by Crippen LogP contribution is -2.71. The fourth-order valence-electron chi connectivity index (χ4n) is 3.71. The predicted molar refractivity (Wildman–Crippen MR) is 105 cm³/mol. The summed E-state index contributed by atoms with van der Waals surface area (Å²) in [5, 5.41) is 0.0717. The van der Waals surface area contributed by atoms with Crippen LogP contribution in [0.25, 0.3) is 0 Å². The first-order chi connectivity index (χ1) is 13.5. The van der Waals surface area contributed by atoms with Crippen molar-refractivity contribution in [2.75, 3.05) is 0 Å². The number of ether oxygens (including phenoxy) is 1.